The molecule has 0 unspecified atom stereocenters. The minimum atomic E-state index is 0.818. The summed E-state index contributed by atoms with van der Waals surface area (Å²) in [5, 5.41) is 12.4. The maximum Gasteiger partial charge on any atom is 0.191 e. The van der Waals surface area contributed by atoms with E-state index in [4.69, 9.17) is 0 Å². The Morgan fingerprint density at radius 3 is 2.38 bits per heavy atom. The van der Waals surface area contributed by atoms with Crippen molar-refractivity contribution in [2.75, 3.05) is 0 Å². The molecule has 0 saturated carbocycles. The van der Waals surface area contributed by atoms with Crippen LogP contribution in [-0.4, -0.2) is 14.8 Å². The molecule has 0 fully saturated rings. The van der Waals surface area contributed by atoms with Gasteiger partial charge in [-0.25, -0.2) is 0 Å². The van der Waals surface area contributed by atoms with E-state index >= 15 is 0 Å². The van der Waals surface area contributed by atoms with Gasteiger partial charge in [0.1, 0.15) is 5.82 Å². The topological polar surface area (TPSA) is 30.7 Å². The standard InChI is InChI=1S/C22H21N3S/c1-2-25-21(15-17-8-4-3-5-9-17)23-24-22(25)26-16-18-12-13-19-10-6-7-11-20(19)14-18/h3-14H,2,15-16H2,1H3. The zero-order valence-corrected chi connectivity index (χ0v) is 15.6. The molecular weight excluding hydrogens is 338 g/mol. The third kappa shape index (κ3) is 3.65. The molecule has 0 atom stereocenters. The minimum absolute atomic E-state index is 0.818. The van der Waals surface area contributed by atoms with Gasteiger partial charge in [0, 0.05) is 18.7 Å². The quantitative estimate of drug-likeness (QED) is 0.436. The highest BCUT2D eigenvalue weighted by Gasteiger charge is 2.12. The van der Waals surface area contributed by atoms with Crippen molar-refractivity contribution in [2.45, 2.75) is 30.8 Å². The molecule has 0 saturated heterocycles. The van der Waals surface area contributed by atoms with Crippen LogP contribution >= 0.6 is 11.8 Å². The molecule has 0 aliphatic heterocycles. The van der Waals surface area contributed by atoms with Crippen molar-refractivity contribution in [2.24, 2.45) is 0 Å². The molecule has 3 aromatic carbocycles. The first-order valence-corrected chi connectivity index (χ1v) is 9.88. The van der Waals surface area contributed by atoms with Crippen molar-refractivity contribution in [1.82, 2.24) is 14.8 Å². The van der Waals surface area contributed by atoms with Gasteiger partial charge in [-0.15, -0.1) is 10.2 Å². The van der Waals surface area contributed by atoms with Crippen LogP contribution in [0.2, 0.25) is 0 Å². The Hall–Kier alpha value is -2.59. The van der Waals surface area contributed by atoms with Crippen LogP contribution in [0.5, 0.6) is 0 Å². The average molecular weight is 359 g/mol. The zero-order chi connectivity index (χ0) is 17.8. The van der Waals surface area contributed by atoms with Gasteiger partial charge in [-0.1, -0.05) is 84.6 Å². The van der Waals surface area contributed by atoms with E-state index in [1.54, 1.807) is 11.8 Å². The van der Waals surface area contributed by atoms with E-state index in [2.05, 4.69) is 88.4 Å². The van der Waals surface area contributed by atoms with E-state index in [0.717, 1.165) is 29.7 Å². The van der Waals surface area contributed by atoms with Gasteiger partial charge in [0.05, 0.1) is 0 Å². The SMILES string of the molecule is CCn1c(Cc2ccccc2)nnc1SCc1ccc2ccccc2c1. The van der Waals surface area contributed by atoms with Crippen LogP contribution in [0.1, 0.15) is 23.9 Å². The Kier molecular flexibility index (Phi) is 5.02. The van der Waals surface area contributed by atoms with Crippen LogP contribution in [0.15, 0.2) is 78.0 Å². The van der Waals surface area contributed by atoms with Crippen molar-refractivity contribution in [3.8, 4) is 0 Å². The van der Waals surface area contributed by atoms with Gasteiger partial charge >= 0.3 is 0 Å². The Labute approximate surface area is 158 Å². The van der Waals surface area contributed by atoms with Crippen LogP contribution in [-0.2, 0) is 18.7 Å². The molecule has 4 rings (SSSR count). The summed E-state index contributed by atoms with van der Waals surface area (Å²) in [7, 11) is 0. The number of nitrogens with zero attached hydrogens (tertiary/aromatic N) is 3. The predicted octanol–water partition coefficient (Wildman–Crippen LogP) is 5.33. The zero-order valence-electron chi connectivity index (χ0n) is 14.8. The largest absolute Gasteiger partial charge is 0.306 e. The summed E-state index contributed by atoms with van der Waals surface area (Å²) in [5.74, 6) is 1.92. The van der Waals surface area contributed by atoms with Crippen LogP contribution in [0, 0.1) is 0 Å². The highest BCUT2D eigenvalue weighted by atomic mass is 32.2. The van der Waals surface area contributed by atoms with Gasteiger partial charge in [0.2, 0.25) is 0 Å². The van der Waals surface area contributed by atoms with Crippen molar-refractivity contribution >= 4 is 22.5 Å². The van der Waals surface area contributed by atoms with Crippen LogP contribution < -0.4 is 0 Å². The summed E-state index contributed by atoms with van der Waals surface area (Å²) < 4.78 is 2.22. The number of hydrogen-bond acceptors (Lipinski definition) is 3. The highest BCUT2D eigenvalue weighted by molar-refractivity contribution is 7.98. The Morgan fingerprint density at radius 2 is 1.58 bits per heavy atom. The maximum absolute atomic E-state index is 4.44. The van der Waals surface area contributed by atoms with Gasteiger partial charge in [0.25, 0.3) is 0 Å². The summed E-state index contributed by atoms with van der Waals surface area (Å²) in [6.45, 7) is 3.03. The fourth-order valence-corrected chi connectivity index (χ4v) is 4.09. The van der Waals surface area contributed by atoms with Gasteiger partial charge < -0.3 is 4.57 Å². The first-order chi connectivity index (χ1) is 12.8. The molecule has 3 nitrogen and oxygen atoms in total. The fraction of sp³-hybridized carbons (Fsp3) is 0.182. The van der Waals surface area contributed by atoms with E-state index < -0.39 is 0 Å². The summed E-state index contributed by atoms with van der Waals surface area (Å²) >= 11 is 1.75. The summed E-state index contributed by atoms with van der Waals surface area (Å²) in [5.41, 5.74) is 2.57. The molecule has 1 heterocycles. The molecule has 0 radical (unpaired) electrons. The molecule has 0 N–H and O–H groups in total. The third-order valence-corrected chi connectivity index (χ3v) is 5.53. The van der Waals surface area contributed by atoms with E-state index in [1.807, 2.05) is 6.07 Å². The molecular formula is C22H21N3S. The molecule has 0 aliphatic carbocycles. The number of rotatable bonds is 6. The number of hydrogen-bond donors (Lipinski definition) is 0. The van der Waals surface area contributed by atoms with E-state index in [-0.39, 0.29) is 0 Å². The molecule has 1 aromatic heterocycles. The lowest BCUT2D eigenvalue weighted by molar-refractivity contribution is 0.651. The molecule has 4 heteroatoms. The third-order valence-electron chi connectivity index (χ3n) is 4.50. The van der Waals surface area contributed by atoms with Crippen LogP contribution in [0.4, 0.5) is 0 Å². The van der Waals surface area contributed by atoms with Gasteiger partial charge in [0.15, 0.2) is 5.16 Å². The van der Waals surface area contributed by atoms with Crippen molar-refractivity contribution in [3.05, 3.63) is 89.7 Å². The number of fused-ring (bicyclic) bond motifs is 1. The van der Waals surface area contributed by atoms with Crippen molar-refractivity contribution in [1.29, 1.82) is 0 Å². The maximum atomic E-state index is 4.44. The molecule has 130 valence electrons. The second-order valence-corrected chi connectivity index (χ2v) is 7.22. The molecule has 4 aromatic rings. The lowest BCUT2D eigenvalue weighted by Crippen LogP contribution is -2.04. The normalized spacial score (nSPS) is 11.1. The minimum Gasteiger partial charge on any atom is -0.306 e. The summed E-state index contributed by atoms with van der Waals surface area (Å²) in [6, 6.07) is 25.6. The summed E-state index contributed by atoms with van der Waals surface area (Å²) in [4.78, 5) is 0. The fourth-order valence-electron chi connectivity index (χ4n) is 3.13. The molecule has 0 bridgehead atoms. The number of thioether (sulfide) groups is 1. The Balaban J connectivity index is 1.50. The lowest BCUT2D eigenvalue weighted by Gasteiger charge is -2.08. The Bertz CT molecular complexity index is 1010. The molecule has 26 heavy (non-hydrogen) atoms. The molecule has 0 aliphatic rings. The van der Waals surface area contributed by atoms with Crippen LogP contribution in [0.3, 0.4) is 0 Å². The van der Waals surface area contributed by atoms with Gasteiger partial charge in [-0.3, -0.25) is 0 Å². The van der Waals surface area contributed by atoms with Gasteiger partial charge in [-0.05, 0) is 28.8 Å². The number of benzene rings is 3. The monoisotopic (exact) mass is 359 g/mol. The average Bonchev–Trinajstić information content (AvgIpc) is 3.08. The molecule has 0 amide bonds. The Morgan fingerprint density at radius 1 is 0.808 bits per heavy atom. The van der Waals surface area contributed by atoms with Crippen molar-refractivity contribution < 1.29 is 0 Å². The summed E-state index contributed by atoms with van der Waals surface area (Å²) in [6.07, 6.45) is 0.818. The smallest absolute Gasteiger partial charge is 0.191 e. The first-order valence-electron chi connectivity index (χ1n) is 8.90. The van der Waals surface area contributed by atoms with Crippen molar-refractivity contribution in [3.63, 3.8) is 0 Å². The lowest BCUT2D eigenvalue weighted by atomic mass is 10.1. The molecule has 0 spiro atoms. The highest BCUT2D eigenvalue weighted by Crippen LogP contribution is 2.25. The predicted molar refractivity (Wildman–Crippen MR) is 108 cm³/mol. The van der Waals surface area contributed by atoms with E-state index in [0.29, 0.717) is 0 Å². The number of aromatic nitrogens is 3. The van der Waals surface area contributed by atoms with E-state index in [9.17, 15) is 0 Å². The second-order valence-electron chi connectivity index (χ2n) is 6.28. The van der Waals surface area contributed by atoms with E-state index in [1.165, 1.54) is 21.9 Å². The second kappa shape index (κ2) is 7.75. The first kappa shape index (κ1) is 16.9. The van der Waals surface area contributed by atoms with Gasteiger partial charge in [-0.2, -0.15) is 0 Å². The van der Waals surface area contributed by atoms with Crippen LogP contribution in [0.25, 0.3) is 10.8 Å².